The van der Waals surface area contributed by atoms with Crippen molar-refractivity contribution in [3.8, 4) is 12.3 Å². The van der Waals surface area contributed by atoms with E-state index in [1.165, 1.54) is 6.92 Å². The molecule has 0 rings (SSSR count). The Hall–Kier alpha value is -0.580. The van der Waals surface area contributed by atoms with Crippen molar-refractivity contribution in [2.24, 2.45) is 0 Å². The summed E-state index contributed by atoms with van der Waals surface area (Å²) < 4.78 is 47.5. The van der Waals surface area contributed by atoms with E-state index in [-0.39, 0.29) is 5.75 Å². The molecule has 5 nitrogen and oxygen atoms in total. The normalized spacial score (nSPS) is 14.6. The van der Waals surface area contributed by atoms with Crippen LogP contribution < -0.4 is 0 Å². The average molecular weight is 240 g/mol. The Kier molecular flexibility index (Phi) is 4.58. The van der Waals surface area contributed by atoms with E-state index >= 15 is 0 Å². The van der Waals surface area contributed by atoms with Crippen LogP contribution >= 0.6 is 0 Å². The summed E-state index contributed by atoms with van der Waals surface area (Å²) in [6.07, 6.45) is 4.79. The lowest BCUT2D eigenvalue weighted by Crippen LogP contribution is -2.30. The van der Waals surface area contributed by atoms with Crippen LogP contribution in [0.5, 0.6) is 0 Å². The maximum Gasteiger partial charge on any atom is 0.285 e. The van der Waals surface area contributed by atoms with Gasteiger partial charge < -0.3 is 0 Å². The van der Waals surface area contributed by atoms with E-state index in [0.717, 1.165) is 6.92 Å². The molecule has 0 aliphatic rings. The van der Waals surface area contributed by atoms with Gasteiger partial charge in [-0.15, -0.1) is 6.42 Å². The fourth-order valence-corrected chi connectivity index (χ4v) is 3.53. The van der Waals surface area contributed by atoms with Crippen LogP contribution in [-0.4, -0.2) is 33.8 Å². The molecule has 0 amide bonds. The minimum absolute atomic E-state index is 0.257. The maximum atomic E-state index is 11.2. The summed E-state index contributed by atoms with van der Waals surface area (Å²) in [7, 11) is -7.79. The quantitative estimate of drug-likeness (QED) is 0.489. The van der Waals surface area contributed by atoms with Crippen LogP contribution in [-0.2, 0) is 24.1 Å². The molecule has 14 heavy (non-hydrogen) atoms. The molecule has 0 bridgehead atoms. The Labute approximate surface area is 84.5 Å². The van der Waals surface area contributed by atoms with Gasteiger partial charge in [0.2, 0.25) is 0 Å². The molecule has 7 heteroatoms. The summed E-state index contributed by atoms with van der Waals surface area (Å²) in [5.74, 6) is 1.69. The smallest absolute Gasteiger partial charge is 0.256 e. The standard InChI is InChI=1S/C7H12O5S2/c1-4-6-12-14(10,11)7(3)13(8,9)5-2/h1,7H,5-6H2,2-3H3. The van der Waals surface area contributed by atoms with Gasteiger partial charge in [-0.25, -0.2) is 8.42 Å². The minimum Gasteiger partial charge on any atom is -0.256 e. The fraction of sp³-hybridized carbons (Fsp3) is 0.714. The van der Waals surface area contributed by atoms with Crippen molar-refractivity contribution >= 4 is 20.0 Å². The van der Waals surface area contributed by atoms with Gasteiger partial charge in [-0.3, -0.25) is 4.18 Å². The number of rotatable bonds is 5. The highest BCUT2D eigenvalue weighted by atomic mass is 32.3. The van der Waals surface area contributed by atoms with E-state index in [2.05, 4.69) is 4.18 Å². The third-order valence-corrected chi connectivity index (χ3v) is 6.28. The van der Waals surface area contributed by atoms with Crippen molar-refractivity contribution in [3.63, 3.8) is 0 Å². The van der Waals surface area contributed by atoms with Crippen LogP contribution in [0.2, 0.25) is 0 Å². The van der Waals surface area contributed by atoms with Crippen molar-refractivity contribution in [2.75, 3.05) is 12.4 Å². The Morgan fingerprint density at radius 1 is 1.36 bits per heavy atom. The van der Waals surface area contributed by atoms with Crippen LogP contribution in [0.15, 0.2) is 0 Å². The molecule has 0 saturated carbocycles. The Morgan fingerprint density at radius 2 is 1.86 bits per heavy atom. The van der Waals surface area contributed by atoms with Gasteiger partial charge >= 0.3 is 0 Å². The highest BCUT2D eigenvalue weighted by Gasteiger charge is 2.32. The maximum absolute atomic E-state index is 11.2. The van der Waals surface area contributed by atoms with Gasteiger partial charge in [0.15, 0.2) is 14.4 Å². The van der Waals surface area contributed by atoms with Crippen molar-refractivity contribution in [1.82, 2.24) is 0 Å². The topological polar surface area (TPSA) is 77.5 Å². The van der Waals surface area contributed by atoms with E-state index in [1.807, 2.05) is 5.92 Å². The highest BCUT2D eigenvalue weighted by molar-refractivity contribution is 8.07. The molecule has 1 unspecified atom stereocenters. The Morgan fingerprint density at radius 3 is 2.21 bits per heavy atom. The highest BCUT2D eigenvalue weighted by Crippen LogP contribution is 2.11. The molecule has 0 heterocycles. The van der Waals surface area contributed by atoms with Crippen LogP contribution in [0.1, 0.15) is 13.8 Å². The van der Waals surface area contributed by atoms with Crippen molar-refractivity contribution < 1.29 is 21.0 Å². The summed E-state index contributed by atoms with van der Waals surface area (Å²) in [6, 6.07) is 0. The molecule has 0 aromatic rings. The second kappa shape index (κ2) is 4.77. The SMILES string of the molecule is C#CCOS(=O)(=O)C(C)S(=O)(=O)CC. The molecule has 0 aromatic carbocycles. The third kappa shape index (κ3) is 3.29. The summed E-state index contributed by atoms with van der Waals surface area (Å²) in [6.45, 7) is 1.97. The first kappa shape index (κ1) is 13.4. The molecular formula is C7H12O5S2. The first-order valence-corrected chi connectivity index (χ1v) is 7.00. The molecule has 1 atom stereocenters. The summed E-state index contributed by atoms with van der Waals surface area (Å²) in [5.41, 5.74) is 0. The van der Waals surface area contributed by atoms with E-state index in [4.69, 9.17) is 6.42 Å². The third-order valence-electron chi connectivity index (χ3n) is 1.62. The van der Waals surface area contributed by atoms with Crippen molar-refractivity contribution in [3.05, 3.63) is 0 Å². The van der Waals surface area contributed by atoms with Gasteiger partial charge in [0.05, 0.1) is 0 Å². The van der Waals surface area contributed by atoms with E-state index in [1.54, 1.807) is 0 Å². The monoisotopic (exact) mass is 240 g/mol. The van der Waals surface area contributed by atoms with E-state index in [9.17, 15) is 16.8 Å². The van der Waals surface area contributed by atoms with Crippen LogP contribution in [0.25, 0.3) is 0 Å². The van der Waals surface area contributed by atoms with Gasteiger partial charge in [0.1, 0.15) is 6.61 Å². The average Bonchev–Trinajstić information content (AvgIpc) is 2.13. The molecule has 0 radical (unpaired) electrons. The van der Waals surface area contributed by atoms with Crippen LogP contribution in [0.3, 0.4) is 0 Å². The summed E-state index contributed by atoms with van der Waals surface area (Å²) in [4.78, 5) is 0. The predicted octanol–water partition coefficient (Wildman–Crippen LogP) is -0.253. The van der Waals surface area contributed by atoms with Gasteiger partial charge in [-0.05, 0) is 6.92 Å². The fourth-order valence-electron chi connectivity index (χ4n) is 0.626. The largest absolute Gasteiger partial charge is 0.285 e. The van der Waals surface area contributed by atoms with E-state index in [0.29, 0.717) is 0 Å². The lowest BCUT2D eigenvalue weighted by Gasteiger charge is -2.10. The lowest BCUT2D eigenvalue weighted by molar-refractivity contribution is 0.361. The van der Waals surface area contributed by atoms with Gasteiger partial charge in [0.25, 0.3) is 10.1 Å². The number of hydrogen-bond acceptors (Lipinski definition) is 5. The zero-order chi connectivity index (χ0) is 11.4. The van der Waals surface area contributed by atoms with E-state index < -0.39 is 31.1 Å². The molecular weight excluding hydrogens is 228 g/mol. The number of terminal acetylenes is 1. The first-order chi connectivity index (χ1) is 6.28. The molecule has 0 saturated heterocycles. The Bertz CT molecular complexity index is 411. The predicted molar refractivity (Wildman–Crippen MR) is 52.6 cm³/mol. The molecule has 0 aromatic heterocycles. The molecule has 0 N–H and O–H groups in total. The van der Waals surface area contributed by atoms with Crippen LogP contribution in [0, 0.1) is 12.3 Å². The van der Waals surface area contributed by atoms with Crippen LogP contribution in [0.4, 0.5) is 0 Å². The first-order valence-electron chi connectivity index (χ1n) is 3.81. The molecule has 82 valence electrons. The van der Waals surface area contributed by atoms with Gasteiger partial charge in [0, 0.05) is 5.75 Å². The summed E-state index contributed by atoms with van der Waals surface area (Å²) in [5, 5.41) is 0. The number of sulfone groups is 1. The zero-order valence-electron chi connectivity index (χ0n) is 7.93. The summed E-state index contributed by atoms with van der Waals surface area (Å²) >= 11 is 0. The van der Waals surface area contributed by atoms with Gasteiger partial charge in [-0.1, -0.05) is 12.8 Å². The number of hydrogen-bond donors (Lipinski definition) is 0. The molecule has 0 aliphatic heterocycles. The Balaban J connectivity index is 4.88. The molecule has 0 fully saturated rings. The van der Waals surface area contributed by atoms with Gasteiger partial charge in [-0.2, -0.15) is 8.42 Å². The zero-order valence-corrected chi connectivity index (χ0v) is 9.56. The molecule has 0 spiro atoms. The second-order valence-electron chi connectivity index (χ2n) is 2.48. The lowest BCUT2D eigenvalue weighted by atomic mass is 10.8. The second-order valence-corrected chi connectivity index (χ2v) is 7.32. The molecule has 0 aliphatic carbocycles. The minimum atomic E-state index is -4.12. The van der Waals surface area contributed by atoms with Crippen molar-refractivity contribution in [1.29, 1.82) is 0 Å². The van der Waals surface area contributed by atoms with Crippen molar-refractivity contribution in [2.45, 2.75) is 18.4 Å².